The molecule has 0 saturated carbocycles. The quantitative estimate of drug-likeness (QED) is 0.897. The Hall–Kier alpha value is -2.62. The minimum absolute atomic E-state index is 0.0598. The Morgan fingerprint density at radius 2 is 1.92 bits per heavy atom. The molecule has 4 nitrogen and oxygen atoms in total. The van der Waals surface area contributed by atoms with Crippen molar-refractivity contribution in [1.82, 2.24) is 5.32 Å². The molecule has 0 aromatic heterocycles. The van der Waals surface area contributed by atoms with E-state index < -0.39 is 5.41 Å². The summed E-state index contributed by atoms with van der Waals surface area (Å²) in [6, 6.07) is 15.8. The van der Waals surface area contributed by atoms with Crippen molar-refractivity contribution >= 4 is 17.5 Å². The van der Waals surface area contributed by atoms with Crippen LogP contribution >= 0.6 is 0 Å². The van der Waals surface area contributed by atoms with Gasteiger partial charge in [-0.15, -0.1) is 0 Å². The standard InChI is InChI=1S/C21H24N2O2/c1-15(24)23-18-10-5-7-16(13-18)14-22-20(25)21(2)12-6-9-17-8-3-4-11-19(17)21/h3-5,7-8,10-11,13H,6,9,12,14H2,1-2H3,(H,22,25)(H,23,24)/t21-/m0/s1. The third-order valence-electron chi connectivity index (χ3n) is 4.94. The molecule has 2 aromatic carbocycles. The van der Waals surface area contributed by atoms with Crippen molar-refractivity contribution in [3.05, 3.63) is 65.2 Å². The van der Waals surface area contributed by atoms with Crippen LogP contribution in [0.15, 0.2) is 48.5 Å². The summed E-state index contributed by atoms with van der Waals surface area (Å²) in [5, 5.41) is 5.84. The topological polar surface area (TPSA) is 58.2 Å². The van der Waals surface area contributed by atoms with Crippen molar-refractivity contribution in [2.45, 2.75) is 45.1 Å². The van der Waals surface area contributed by atoms with E-state index in [0.717, 1.165) is 36.1 Å². The maximum Gasteiger partial charge on any atom is 0.230 e. The fourth-order valence-electron chi connectivity index (χ4n) is 3.62. The highest BCUT2D eigenvalue weighted by molar-refractivity contribution is 5.89. The first-order valence-corrected chi connectivity index (χ1v) is 8.72. The summed E-state index contributed by atoms with van der Waals surface area (Å²) in [4.78, 5) is 24.1. The second-order valence-corrected chi connectivity index (χ2v) is 6.91. The lowest BCUT2D eigenvalue weighted by atomic mass is 9.70. The fourth-order valence-corrected chi connectivity index (χ4v) is 3.62. The van der Waals surface area contributed by atoms with Gasteiger partial charge in [-0.25, -0.2) is 0 Å². The molecule has 1 atom stereocenters. The third kappa shape index (κ3) is 3.73. The Balaban J connectivity index is 1.72. The molecule has 130 valence electrons. The van der Waals surface area contributed by atoms with Gasteiger partial charge in [-0.3, -0.25) is 9.59 Å². The van der Waals surface area contributed by atoms with Gasteiger partial charge in [-0.2, -0.15) is 0 Å². The number of benzene rings is 2. The molecule has 0 aliphatic heterocycles. The van der Waals surface area contributed by atoms with Gasteiger partial charge in [0, 0.05) is 19.2 Å². The summed E-state index contributed by atoms with van der Waals surface area (Å²) in [5.41, 5.74) is 3.65. The largest absolute Gasteiger partial charge is 0.351 e. The van der Waals surface area contributed by atoms with Crippen molar-refractivity contribution in [3.8, 4) is 0 Å². The van der Waals surface area contributed by atoms with Crippen LogP contribution in [0, 0.1) is 0 Å². The SMILES string of the molecule is CC(=O)Nc1cccc(CNC(=O)[C@@]2(C)CCCc3ccccc32)c1. The first kappa shape index (κ1) is 17.2. The Morgan fingerprint density at radius 3 is 2.72 bits per heavy atom. The van der Waals surface area contributed by atoms with Crippen molar-refractivity contribution in [3.63, 3.8) is 0 Å². The number of anilines is 1. The van der Waals surface area contributed by atoms with E-state index in [9.17, 15) is 9.59 Å². The highest BCUT2D eigenvalue weighted by Crippen LogP contribution is 2.37. The number of aryl methyl sites for hydroxylation is 1. The Labute approximate surface area is 148 Å². The van der Waals surface area contributed by atoms with Crippen LogP contribution in [0.4, 0.5) is 5.69 Å². The number of rotatable bonds is 4. The Kier molecular flexibility index (Phi) is 4.88. The molecule has 2 N–H and O–H groups in total. The molecule has 0 saturated heterocycles. The lowest BCUT2D eigenvalue weighted by Crippen LogP contribution is -2.44. The normalized spacial score (nSPS) is 19.0. The molecule has 0 unspecified atom stereocenters. The zero-order valence-electron chi connectivity index (χ0n) is 14.8. The van der Waals surface area contributed by atoms with E-state index in [-0.39, 0.29) is 11.8 Å². The molecule has 2 aromatic rings. The van der Waals surface area contributed by atoms with E-state index in [1.807, 2.05) is 43.3 Å². The van der Waals surface area contributed by atoms with Crippen LogP contribution < -0.4 is 10.6 Å². The molecule has 0 bridgehead atoms. The van der Waals surface area contributed by atoms with Crippen molar-refractivity contribution in [2.24, 2.45) is 0 Å². The second kappa shape index (κ2) is 7.09. The number of carbonyl (C=O) groups excluding carboxylic acids is 2. The van der Waals surface area contributed by atoms with E-state index in [0.29, 0.717) is 6.54 Å². The van der Waals surface area contributed by atoms with Gasteiger partial charge >= 0.3 is 0 Å². The van der Waals surface area contributed by atoms with Crippen LogP contribution in [0.2, 0.25) is 0 Å². The predicted molar refractivity (Wildman–Crippen MR) is 99.3 cm³/mol. The van der Waals surface area contributed by atoms with Gasteiger partial charge in [0.2, 0.25) is 11.8 Å². The summed E-state index contributed by atoms with van der Waals surface area (Å²) in [6.45, 7) is 3.97. The fraction of sp³-hybridized carbons (Fsp3) is 0.333. The van der Waals surface area contributed by atoms with Gasteiger partial charge in [0.1, 0.15) is 0 Å². The summed E-state index contributed by atoms with van der Waals surface area (Å²) >= 11 is 0. The number of amides is 2. The summed E-state index contributed by atoms with van der Waals surface area (Å²) in [6.07, 6.45) is 2.93. The molecule has 0 fully saturated rings. The van der Waals surface area contributed by atoms with E-state index in [2.05, 4.69) is 22.8 Å². The lowest BCUT2D eigenvalue weighted by Gasteiger charge is -2.34. The minimum Gasteiger partial charge on any atom is -0.351 e. The summed E-state index contributed by atoms with van der Waals surface area (Å²) < 4.78 is 0. The average molecular weight is 336 g/mol. The van der Waals surface area contributed by atoms with Crippen LogP contribution in [-0.2, 0) is 28.0 Å². The van der Waals surface area contributed by atoms with E-state index in [1.54, 1.807) is 0 Å². The molecule has 4 heteroatoms. The van der Waals surface area contributed by atoms with Gasteiger partial charge in [-0.05, 0) is 55.0 Å². The maximum absolute atomic E-state index is 12.9. The molecule has 0 heterocycles. The molecule has 0 radical (unpaired) electrons. The lowest BCUT2D eigenvalue weighted by molar-refractivity contribution is -0.127. The molecular weight excluding hydrogens is 312 g/mol. The molecule has 0 spiro atoms. The highest BCUT2D eigenvalue weighted by Gasteiger charge is 2.38. The van der Waals surface area contributed by atoms with E-state index in [1.165, 1.54) is 12.5 Å². The number of fused-ring (bicyclic) bond motifs is 1. The number of nitrogens with one attached hydrogen (secondary N) is 2. The predicted octanol–water partition coefficient (Wildman–Crippen LogP) is 3.56. The Morgan fingerprint density at radius 1 is 1.12 bits per heavy atom. The highest BCUT2D eigenvalue weighted by atomic mass is 16.2. The number of carbonyl (C=O) groups is 2. The monoisotopic (exact) mass is 336 g/mol. The second-order valence-electron chi connectivity index (χ2n) is 6.91. The molecule has 25 heavy (non-hydrogen) atoms. The van der Waals surface area contributed by atoms with Crippen LogP contribution in [0.5, 0.6) is 0 Å². The summed E-state index contributed by atoms with van der Waals surface area (Å²) in [7, 11) is 0. The maximum atomic E-state index is 12.9. The number of hydrogen-bond acceptors (Lipinski definition) is 2. The first-order chi connectivity index (χ1) is 12.0. The molecule has 1 aliphatic rings. The van der Waals surface area contributed by atoms with Gasteiger partial charge in [0.05, 0.1) is 5.41 Å². The van der Waals surface area contributed by atoms with Crippen LogP contribution in [0.1, 0.15) is 43.4 Å². The van der Waals surface area contributed by atoms with Crippen LogP contribution in [0.25, 0.3) is 0 Å². The smallest absolute Gasteiger partial charge is 0.230 e. The van der Waals surface area contributed by atoms with Crippen molar-refractivity contribution in [1.29, 1.82) is 0 Å². The molecular formula is C21H24N2O2. The van der Waals surface area contributed by atoms with E-state index in [4.69, 9.17) is 0 Å². The van der Waals surface area contributed by atoms with Crippen molar-refractivity contribution < 1.29 is 9.59 Å². The zero-order chi connectivity index (χ0) is 17.9. The van der Waals surface area contributed by atoms with Crippen LogP contribution in [-0.4, -0.2) is 11.8 Å². The number of hydrogen-bond donors (Lipinski definition) is 2. The van der Waals surface area contributed by atoms with E-state index >= 15 is 0 Å². The van der Waals surface area contributed by atoms with Gasteiger partial charge < -0.3 is 10.6 Å². The molecule has 1 aliphatic carbocycles. The third-order valence-corrected chi connectivity index (χ3v) is 4.94. The molecule has 3 rings (SSSR count). The Bertz CT molecular complexity index is 800. The van der Waals surface area contributed by atoms with Crippen molar-refractivity contribution in [2.75, 3.05) is 5.32 Å². The van der Waals surface area contributed by atoms with Gasteiger partial charge in [-0.1, -0.05) is 36.4 Å². The van der Waals surface area contributed by atoms with Gasteiger partial charge in [0.15, 0.2) is 0 Å². The van der Waals surface area contributed by atoms with Crippen LogP contribution in [0.3, 0.4) is 0 Å². The minimum atomic E-state index is -0.482. The summed E-state index contributed by atoms with van der Waals surface area (Å²) in [5.74, 6) is -0.0444. The molecule has 2 amide bonds. The first-order valence-electron chi connectivity index (χ1n) is 8.72. The van der Waals surface area contributed by atoms with Gasteiger partial charge in [0.25, 0.3) is 0 Å². The zero-order valence-corrected chi connectivity index (χ0v) is 14.8. The average Bonchev–Trinajstić information content (AvgIpc) is 2.60.